The van der Waals surface area contributed by atoms with Gasteiger partial charge in [0.2, 0.25) is 0 Å². The highest BCUT2D eigenvalue weighted by Crippen LogP contribution is 2.16. The fourth-order valence-corrected chi connectivity index (χ4v) is 1.37. The molecule has 1 rings (SSSR count). The third kappa shape index (κ3) is 3.41. The minimum absolute atomic E-state index is 0.258. The van der Waals surface area contributed by atoms with Crippen LogP contribution in [-0.4, -0.2) is 5.75 Å². The average molecular weight is 259 g/mol. The lowest BCUT2D eigenvalue weighted by molar-refractivity contribution is 0.627. The van der Waals surface area contributed by atoms with Crippen molar-refractivity contribution in [1.82, 2.24) is 0 Å². The molecule has 1 aromatic rings. The van der Waals surface area contributed by atoms with Gasteiger partial charge in [0, 0.05) is 22.2 Å². The molecule has 0 saturated carbocycles. The third-order valence-electron chi connectivity index (χ3n) is 1.39. The van der Waals surface area contributed by atoms with Crippen LogP contribution < -0.4 is 0 Å². The van der Waals surface area contributed by atoms with Crippen LogP contribution >= 0.6 is 28.6 Å². The number of hydrogen-bond donors (Lipinski definition) is 1. The molecule has 0 amide bonds. The molecular weight excluding hydrogens is 251 g/mol. The molecule has 3 heteroatoms. The van der Waals surface area contributed by atoms with E-state index in [4.69, 9.17) is 0 Å². The third-order valence-corrected chi connectivity index (χ3v) is 2.27. The van der Waals surface area contributed by atoms with E-state index in [-0.39, 0.29) is 5.82 Å². The first kappa shape index (κ1) is 10.6. The van der Waals surface area contributed by atoms with Crippen LogP contribution in [0.25, 0.3) is 0 Å². The van der Waals surface area contributed by atoms with E-state index < -0.39 is 0 Å². The van der Waals surface area contributed by atoms with Gasteiger partial charge < -0.3 is 0 Å². The van der Waals surface area contributed by atoms with Gasteiger partial charge in [0.1, 0.15) is 5.82 Å². The van der Waals surface area contributed by atoms with Crippen molar-refractivity contribution in [1.29, 1.82) is 0 Å². The summed E-state index contributed by atoms with van der Waals surface area (Å²) in [5.74, 6) is 6.35. The second kappa shape index (κ2) is 5.31. The van der Waals surface area contributed by atoms with Gasteiger partial charge in [-0.05, 0) is 34.1 Å². The van der Waals surface area contributed by atoms with Gasteiger partial charge in [-0.1, -0.05) is 11.8 Å². The minimum Gasteiger partial charge on any atom is -0.207 e. The molecule has 0 heterocycles. The number of halogens is 2. The van der Waals surface area contributed by atoms with Crippen molar-refractivity contribution in [3.8, 4) is 11.8 Å². The molecule has 13 heavy (non-hydrogen) atoms. The Morgan fingerprint density at radius 3 is 2.85 bits per heavy atom. The summed E-state index contributed by atoms with van der Waals surface area (Å²) in [7, 11) is 0. The van der Waals surface area contributed by atoms with E-state index in [9.17, 15) is 4.39 Å². The largest absolute Gasteiger partial charge is 0.207 e. The van der Waals surface area contributed by atoms with Crippen molar-refractivity contribution in [2.24, 2.45) is 0 Å². The zero-order valence-corrected chi connectivity index (χ0v) is 9.33. The second-order valence-corrected chi connectivity index (χ2v) is 3.70. The summed E-state index contributed by atoms with van der Waals surface area (Å²) in [6.45, 7) is 0. The molecule has 0 nitrogen and oxygen atoms in total. The molecular formula is C10H8BrFS. The van der Waals surface area contributed by atoms with Gasteiger partial charge in [0.05, 0.1) is 0 Å². The number of thiol groups is 1. The van der Waals surface area contributed by atoms with Crippen LogP contribution in [0.3, 0.4) is 0 Å². The molecule has 0 aliphatic carbocycles. The predicted molar refractivity (Wildman–Crippen MR) is 59.4 cm³/mol. The zero-order chi connectivity index (χ0) is 9.68. The van der Waals surface area contributed by atoms with Crippen molar-refractivity contribution in [2.75, 3.05) is 5.75 Å². The minimum atomic E-state index is -0.258. The molecule has 0 atom stereocenters. The van der Waals surface area contributed by atoms with E-state index in [2.05, 4.69) is 40.4 Å². The molecule has 68 valence electrons. The van der Waals surface area contributed by atoms with Crippen LogP contribution in [0.15, 0.2) is 22.7 Å². The Kier molecular flexibility index (Phi) is 4.34. The molecule has 0 unspecified atom stereocenters. The normalized spacial score (nSPS) is 9.15. The van der Waals surface area contributed by atoms with Crippen molar-refractivity contribution < 1.29 is 4.39 Å². The van der Waals surface area contributed by atoms with Crippen LogP contribution in [0.5, 0.6) is 0 Å². The highest BCUT2D eigenvalue weighted by Gasteiger charge is 1.96. The summed E-state index contributed by atoms with van der Waals surface area (Å²) in [6, 6.07) is 4.46. The van der Waals surface area contributed by atoms with Gasteiger partial charge in [-0.3, -0.25) is 0 Å². The predicted octanol–water partition coefficient (Wildman–Crippen LogP) is 3.26. The molecule has 0 spiro atoms. The SMILES string of the molecule is Fc1ccc(C#CCCS)c(Br)c1. The van der Waals surface area contributed by atoms with E-state index >= 15 is 0 Å². The Bertz CT molecular complexity index is 352. The lowest BCUT2D eigenvalue weighted by atomic mass is 10.2. The molecule has 0 radical (unpaired) electrons. The molecule has 0 fully saturated rings. The summed E-state index contributed by atoms with van der Waals surface area (Å²) in [6.07, 6.45) is 0.743. The zero-order valence-electron chi connectivity index (χ0n) is 6.85. The summed E-state index contributed by atoms with van der Waals surface area (Å²) < 4.78 is 13.3. The van der Waals surface area contributed by atoms with Crippen molar-refractivity contribution in [3.05, 3.63) is 34.1 Å². The molecule has 0 N–H and O–H groups in total. The van der Waals surface area contributed by atoms with Gasteiger partial charge in [-0.2, -0.15) is 12.6 Å². The Morgan fingerprint density at radius 2 is 2.23 bits per heavy atom. The summed E-state index contributed by atoms with van der Waals surface area (Å²) in [4.78, 5) is 0. The van der Waals surface area contributed by atoms with Crippen LogP contribution in [0, 0.1) is 17.7 Å². The maximum atomic E-state index is 12.6. The van der Waals surface area contributed by atoms with Gasteiger partial charge in [0.25, 0.3) is 0 Å². The molecule has 0 aliphatic heterocycles. The monoisotopic (exact) mass is 258 g/mol. The van der Waals surface area contributed by atoms with E-state index in [1.165, 1.54) is 12.1 Å². The number of rotatable bonds is 1. The van der Waals surface area contributed by atoms with Gasteiger partial charge in [0.15, 0.2) is 0 Å². The number of hydrogen-bond acceptors (Lipinski definition) is 1. The highest BCUT2D eigenvalue weighted by atomic mass is 79.9. The molecule has 0 aliphatic rings. The van der Waals surface area contributed by atoms with Gasteiger partial charge >= 0.3 is 0 Å². The van der Waals surface area contributed by atoms with E-state index in [1.807, 2.05) is 0 Å². The number of benzene rings is 1. The first-order valence-corrected chi connectivity index (χ1v) is 5.21. The lowest BCUT2D eigenvalue weighted by Crippen LogP contribution is -1.80. The average Bonchev–Trinajstić information content (AvgIpc) is 2.09. The van der Waals surface area contributed by atoms with Crippen LogP contribution in [-0.2, 0) is 0 Å². The van der Waals surface area contributed by atoms with Gasteiger partial charge in [-0.15, -0.1) is 0 Å². The Balaban J connectivity index is 2.85. The molecule has 0 aromatic heterocycles. The Labute approximate surface area is 91.1 Å². The highest BCUT2D eigenvalue weighted by molar-refractivity contribution is 9.10. The summed E-state index contributed by atoms with van der Waals surface area (Å²) >= 11 is 7.27. The Morgan fingerprint density at radius 1 is 1.46 bits per heavy atom. The first-order chi connectivity index (χ1) is 6.24. The topological polar surface area (TPSA) is 0 Å². The van der Waals surface area contributed by atoms with E-state index in [1.54, 1.807) is 6.07 Å². The Hall–Kier alpha value is -0.460. The molecule has 0 saturated heterocycles. The van der Waals surface area contributed by atoms with Gasteiger partial charge in [-0.25, -0.2) is 4.39 Å². The van der Waals surface area contributed by atoms with Crippen molar-refractivity contribution in [2.45, 2.75) is 6.42 Å². The summed E-state index contributed by atoms with van der Waals surface area (Å²) in [5, 5.41) is 0. The second-order valence-electron chi connectivity index (χ2n) is 2.40. The maximum absolute atomic E-state index is 12.6. The lowest BCUT2D eigenvalue weighted by Gasteiger charge is -1.94. The smallest absolute Gasteiger partial charge is 0.124 e. The fraction of sp³-hybridized carbons (Fsp3) is 0.200. The quantitative estimate of drug-likeness (QED) is 0.580. The van der Waals surface area contributed by atoms with Crippen molar-refractivity contribution in [3.63, 3.8) is 0 Å². The molecule has 1 aromatic carbocycles. The van der Waals surface area contributed by atoms with E-state index in [0.29, 0.717) is 4.47 Å². The van der Waals surface area contributed by atoms with Crippen LogP contribution in [0.1, 0.15) is 12.0 Å². The van der Waals surface area contributed by atoms with Crippen molar-refractivity contribution >= 4 is 28.6 Å². The maximum Gasteiger partial charge on any atom is 0.124 e. The van der Waals surface area contributed by atoms with Crippen LogP contribution in [0.2, 0.25) is 0 Å². The van der Waals surface area contributed by atoms with E-state index in [0.717, 1.165) is 17.7 Å². The standard InChI is InChI=1S/C10H8BrFS/c11-10-7-9(12)5-4-8(10)3-1-2-6-13/h4-5,7,13H,2,6H2. The van der Waals surface area contributed by atoms with Crippen LogP contribution in [0.4, 0.5) is 4.39 Å². The molecule has 0 bridgehead atoms. The first-order valence-electron chi connectivity index (χ1n) is 3.79. The fourth-order valence-electron chi connectivity index (χ4n) is 0.804. The summed E-state index contributed by atoms with van der Waals surface area (Å²) in [5.41, 5.74) is 0.809.